The summed E-state index contributed by atoms with van der Waals surface area (Å²) in [6.07, 6.45) is 1.57. The average Bonchev–Trinajstić information content (AvgIpc) is 2.86. The Kier molecular flexibility index (Phi) is 7.44. The number of nitrogens with zero attached hydrogens (tertiary/aromatic N) is 1. The van der Waals surface area contributed by atoms with E-state index in [0.29, 0.717) is 30.5 Å². The number of aromatic nitrogens is 1. The zero-order valence-electron chi connectivity index (χ0n) is 11.4. The van der Waals surface area contributed by atoms with Crippen LogP contribution in [0.25, 0.3) is 0 Å². The molecule has 21 heavy (non-hydrogen) atoms. The number of halogens is 1. The van der Waals surface area contributed by atoms with Gasteiger partial charge in [-0.1, -0.05) is 5.16 Å². The molecule has 0 saturated heterocycles. The third-order valence-electron chi connectivity index (χ3n) is 2.49. The van der Waals surface area contributed by atoms with Crippen molar-refractivity contribution < 1.29 is 18.9 Å². The highest BCUT2D eigenvalue weighted by atomic mass is 79.9. The van der Waals surface area contributed by atoms with Gasteiger partial charge in [-0.15, -0.1) is 0 Å². The Balaban J connectivity index is 2.06. The van der Waals surface area contributed by atoms with Gasteiger partial charge in [0.25, 0.3) is 5.91 Å². The fourth-order valence-corrected chi connectivity index (χ4v) is 1.76. The quantitative estimate of drug-likeness (QED) is 0.546. The van der Waals surface area contributed by atoms with Crippen LogP contribution in [0.3, 0.4) is 0 Å². The molecule has 1 aromatic heterocycles. The summed E-state index contributed by atoms with van der Waals surface area (Å²) in [6, 6.07) is 1.46. The van der Waals surface area contributed by atoms with Gasteiger partial charge < -0.3 is 20.9 Å². The Morgan fingerprint density at radius 3 is 2.48 bits per heavy atom. The maximum atomic E-state index is 11.6. The van der Waals surface area contributed by atoms with Gasteiger partial charge in [0.2, 0.25) is 17.6 Å². The summed E-state index contributed by atoms with van der Waals surface area (Å²) in [7, 11) is 0. The highest BCUT2D eigenvalue weighted by molar-refractivity contribution is 9.10. The number of hydrogen-bond acceptors (Lipinski definition) is 5. The van der Waals surface area contributed by atoms with Crippen LogP contribution in [0.1, 0.15) is 36.2 Å². The fraction of sp³-hybridized carbons (Fsp3) is 0.500. The summed E-state index contributed by atoms with van der Waals surface area (Å²) in [5.41, 5.74) is 4.98. The van der Waals surface area contributed by atoms with E-state index in [9.17, 15) is 14.4 Å². The lowest BCUT2D eigenvalue weighted by Crippen LogP contribution is -2.28. The third kappa shape index (κ3) is 7.45. The molecule has 0 aliphatic carbocycles. The molecule has 0 radical (unpaired) electrons. The summed E-state index contributed by atoms with van der Waals surface area (Å²) >= 11 is 3.07. The molecule has 8 nitrogen and oxygen atoms in total. The predicted molar refractivity (Wildman–Crippen MR) is 77.2 cm³/mol. The van der Waals surface area contributed by atoms with Crippen molar-refractivity contribution in [2.24, 2.45) is 5.73 Å². The first-order valence-corrected chi connectivity index (χ1v) is 7.23. The van der Waals surface area contributed by atoms with Crippen molar-refractivity contribution in [1.82, 2.24) is 15.8 Å². The number of rotatable bonds is 9. The second-order valence-electron chi connectivity index (χ2n) is 4.29. The SMILES string of the molecule is NC(=O)CCCNC(=O)CCCNC(=O)c1cc(Br)no1. The zero-order chi connectivity index (χ0) is 15.7. The van der Waals surface area contributed by atoms with Crippen LogP contribution in [0.5, 0.6) is 0 Å². The van der Waals surface area contributed by atoms with Crippen LogP contribution >= 0.6 is 15.9 Å². The van der Waals surface area contributed by atoms with Gasteiger partial charge in [-0.05, 0) is 28.8 Å². The second kappa shape index (κ2) is 9.11. The van der Waals surface area contributed by atoms with Crippen LogP contribution in [0.2, 0.25) is 0 Å². The zero-order valence-corrected chi connectivity index (χ0v) is 12.9. The molecule has 116 valence electrons. The van der Waals surface area contributed by atoms with Crippen molar-refractivity contribution in [3.8, 4) is 0 Å². The molecule has 0 fully saturated rings. The summed E-state index contributed by atoms with van der Waals surface area (Å²) in [5.74, 6) is -0.782. The van der Waals surface area contributed by atoms with E-state index in [1.165, 1.54) is 6.07 Å². The maximum absolute atomic E-state index is 11.6. The molecule has 0 unspecified atom stereocenters. The fourth-order valence-electron chi connectivity index (χ4n) is 1.48. The number of hydrogen-bond donors (Lipinski definition) is 3. The van der Waals surface area contributed by atoms with Crippen LogP contribution in [0.4, 0.5) is 0 Å². The smallest absolute Gasteiger partial charge is 0.289 e. The molecule has 0 aliphatic heterocycles. The van der Waals surface area contributed by atoms with Gasteiger partial charge in [0.15, 0.2) is 0 Å². The van der Waals surface area contributed by atoms with Crippen molar-refractivity contribution in [2.45, 2.75) is 25.7 Å². The van der Waals surface area contributed by atoms with Gasteiger partial charge >= 0.3 is 0 Å². The Labute approximate surface area is 129 Å². The number of nitrogens with two attached hydrogens (primary N) is 1. The summed E-state index contributed by atoms with van der Waals surface area (Å²) in [5, 5.41) is 8.81. The maximum Gasteiger partial charge on any atom is 0.289 e. The molecule has 0 aliphatic rings. The molecule has 0 atom stereocenters. The van der Waals surface area contributed by atoms with E-state index < -0.39 is 0 Å². The minimum absolute atomic E-state index is 0.109. The topological polar surface area (TPSA) is 127 Å². The lowest BCUT2D eigenvalue weighted by molar-refractivity contribution is -0.122. The average molecular weight is 361 g/mol. The number of primary amides is 1. The number of amides is 3. The molecule has 1 heterocycles. The lowest BCUT2D eigenvalue weighted by atomic mass is 10.2. The normalized spacial score (nSPS) is 10.1. The van der Waals surface area contributed by atoms with Crippen molar-refractivity contribution in [3.05, 3.63) is 16.4 Å². The molecule has 4 N–H and O–H groups in total. The minimum atomic E-state index is -0.383. The summed E-state index contributed by atoms with van der Waals surface area (Å²) in [4.78, 5) is 33.5. The Bertz CT molecular complexity index is 503. The molecule has 0 spiro atoms. The van der Waals surface area contributed by atoms with Crippen LogP contribution in [0, 0.1) is 0 Å². The molecule has 0 bridgehead atoms. The van der Waals surface area contributed by atoms with Crippen molar-refractivity contribution in [2.75, 3.05) is 13.1 Å². The van der Waals surface area contributed by atoms with E-state index in [-0.39, 0.29) is 36.3 Å². The molecular weight excluding hydrogens is 344 g/mol. The highest BCUT2D eigenvalue weighted by Crippen LogP contribution is 2.09. The van der Waals surface area contributed by atoms with Crippen LogP contribution < -0.4 is 16.4 Å². The highest BCUT2D eigenvalue weighted by Gasteiger charge is 2.11. The molecule has 1 aromatic rings. The monoisotopic (exact) mass is 360 g/mol. The first kappa shape index (κ1) is 17.2. The van der Waals surface area contributed by atoms with Crippen molar-refractivity contribution in [1.29, 1.82) is 0 Å². The predicted octanol–water partition coefficient (Wildman–Crippen LogP) is 0.329. The van der Waals surface area contributed by atoms with E-state index in [1.54, 1.807) is 0 Å². The summed E-state index contributed by atoms with van der Waals surface area (Å²) < 4.78 is 5.21. The van der Waals surface area contributed by atoms with Crippen LogP contribution in [0.15, 0.2) is 15.2 Å². The van der Waals surface area contributed by atoms with E-state index in [2.05, 4.69) is 31.7 Å². The largest absolute Gasteiger partial charge is 0.370 e. The number of nitrogens with one attached hydrogen (secondary N) is 2. The molecular formula is C12H17BrN4O4. The van der Waals surface area contributed by atoms with Crippen molar-refractivity contribution >= 4 is 33.7 Å². The second-order valence-corrected chi connectivity index (χ2v) is 5.11. The number of carbonyl (C=O) groups is 3. The Morgan fingerprint density at radius 1 is 1.19 bits per heavy atom. The van der Waals surface area contributed by atoms with Gasteiger partial charge in [0.05, 0.1) is 0 Å². The van der Waals surface area contributed by atoms with Crippen molar-refractivity contribution in [3.63, 3.8) is 0 Å². The van der Waals surface area contributed by atoms with E-state index in [0.717, 1.165) is 0 Å². The molecule has 3 amide bonds. The van der Waals surface area contributed by atoms with Gasteiger partial charge in [-0.2, -0.15) is 0 Å². The first-order chi connectivity index (χ1) is 9.99. The van der Waals surface area contributed by atoms with Gasteiger partial charge in [0.1, 0.15) is 4.60 Å². The number of carbonyl (C=O) groups excluding carboxylic acids is 3. The van der Waals surface area contributed by atoms with Crippen LogP contribution in [-0.4, -0.2) is 36.0 Å². The van der Waals surface area contributed by atoms with Gasteiger partial charge in [0, 0.05) is 32.0 Å². The molecule has 0 saturated carbocycles. The molecule has 9 heteroatoms. The lowest BCUT2D eigenvalue weighted by Gasteiger charge is -2.05. The minimum Gasteiger partial charge on any atom is -0.370 e. The standard InChI is InChI=1S/C12H17BrN4O4/c13-9-7-8(21-17-9)12(20)16-6-2-4-11(19)15-5-1-3-10(14)18/h7H,1-6H2,(H2,14,18)(H,15,19)(H,16,20). The summed E-state index contributed by atoms with van der Waals surface area (Å²) in [6.45, 7) is 0.770. The van der Waals surface area contributed by atoms with Gasteiger partial charge in [-0.3, -0.25) is 14.4 Å². The molecule has 0 aromatic carbocycles. The first-order valence-electron chi connectivity index (χ1n) is 6.44. The van der Waals surface area contributed by atoms with Crippen LogP contribution in [-0.2, 0) is 9.59 Å². The Hall–Kier alpha value is -1.90. The van der Waals surface area contributed by atoms with E-state index >= 15 is 0 Å². The van der Waals surface area contributed by atoms with E-state index in [1.807, 2.05) is 0 Å². The Morgan fingerprint density at radius 2 is 1.86 bits per heavy atom. The van der Waals surface area contributed by atoms with Gasteiger partial charge in [-0.25, -0.2) is 0 Å². The third-order valence-corrected chi connectivity index (χ3v) is 2.87. The van der Waals surface area contributed by atoms with E-state index in [4.69, 9.17) is 10.3 Å². The molecule has 1 rings (SSSR count).